The van der Waals surface area contributed by atoms with Gasteiger partial charge in [0.1, 0.15) is 0 Å². The van der Waals surface area contributed by atoms with Crippen molar-refractivity contribution < 1.29 is 0 Å². The van der Waals surface area contributed by atoms with Crippen LogP contribution in [0.15, 0.2) is 279 Å². The molecule has 0 fully saturated rings. The van der Waals surface area contributed by atoms with Gasteiger partial charge in [0.25, 0.3) is 0 Å². The van der Waals surface area contributed by atoms with Crippen molar-refractivity contribution in [1.82, 2.24) is 13.7 Å². The fraction of sp³-hybridized carbons (Fsp3) is 0.0750. The summed E-state index contributed by atoms with van der Waals surface area (Å²) in [5, 5.41) is 6.22. The number of rotatable bonds is 8. The summed E-state index contributed by atoms with van der Waals surface area (Å²) in [5.41, 5.74) is 27.7. The van der Waals surface area contributed by atoms with E-state index in [2.05, 4.69) is 325 Å². The van der Waals surface area contributed by atoms with E-state index in [9.17, 15) is 0 Å². The number of nitrogens with zero attached hydrogens (tertiary/aromatic N) is 4. The van der Waals surface area contributed by atoms with Crippen LogP contribution < -0.4 is 4.90 Å². The van der Waals surface area contributed by atoms with E-state index >= 15 is 0 Å². The molecular formula is C80H58N4. The number of aromatic nitrogens is 3. The summed E-state index contributed by atoms with van der Waals surface area (Å²) in [4.78, 5) is 2.43. The first-order valence-corrected chi connectivity index (χ1v) is 29.4. The molecule has 0 amide bonds. The molecule has 0 saturated heterocycles. The minimum absolute atomic E-state index is 0.147. The Morgan fingerprint density at radius 1 is 0.262 bits per heavy atom. The third kappa shape index (κ3) is 7.01. The first-order chi connectivity index (χ1) is 41.2. The Morgan fingerprint density at radius 3 is 1.39 bits per heavy atom. The zero-order chi connectivity index (χ0) is 56.0. The molecule has 0 unspecified atom stereocenters. The summed E-state index contributed by atoms with van der Waals surface area (Å²) >= 11 is 0. The van der Waals surface area contributed by atoms with Crippen LogP contribution in [0.5, 0.6) is 0 Å². The molecule has 398 valence electrons. The van der Waals surface area contributed by atoms with Crippen LogP contribution in [-0.4, -0.2) is 13.7 Å². The molecule has 3 aromatic heterocycles. The SMILES string of the molecule is CC1(C)c2ccccc2-c2ccc(N(c3ccc(-c4ccccc4)cc3)c3ccc(-n4c5ccc(-c6ccc7c(c6)c6ccccc6n7-c6ccccc6)cc5c5cc6c7c(n(-c8ccccc8)c6cc54)-c4ccccc4C7(C)C)cc3)cc21. The van der Waals surface area contributed by atoms with Gasteiger partial charge in [0.15, 0.2) is 0 Å². The van der Waals surface area contributed by atoms with Gasteiger partial charge in [-0.3, -0.25) is 0 Å². The predicted octanol–water partition coefficient (Wildman–Crippen LogP) is 21.2. The third-order valence-electron chi connectivity index (χ3n) is 18.8. The number of anilines is 3. The van der Waals surface area contributed by atoms with Crippen molar-refractivity contribution in [1.29, 1.82) is 0 Å². The van der Waals surface area contributed by atoms with E-state index in [0.29, 0.717) is 0 Å². The van der Waals surface area contributed by atoms with Crippen LogP contribution in [0.4, 0.5) is 17.1 Å². The van der Waals surface area contributed by atoms with Gasteiger partial charge in [-0.2, -0.15) is 0 Å². The molecule has 0 atom stereocenters. The molecule has 2 aliphatic carbocycles. The van der Waals surface area contributed by atoms with Crippen molar-refractivity contribution in [2.24, 2.45) is 0 Å². The second-order valence-corrected chi connectivity index (χ2v) is 24.1. The highest BCUT2D eigenvalue weighted by Crippen LogP contribution is 2.55. The largest absolute Gasteiger partial charge is 0.310 e. The summed E-state index contributed by atoms with van der Waals surface area (Å²) in [6.45, 7) is 9.56. The highest BCUT2D eigenvalue weighted by molar-refractivity contribution is 6.17. The van der Waals surface area contributed by atoms with Crippen molar-refractivity contribution in [3.63, 3.8) is 0 Å². The van der Waals surface area contributed by atoms with Crippen molar-refractivity contribution in [2.45, 2.75) is 38.5 Å². The summed E-state index contributed by atoms with van der Waals surface area (Å²) in [6, 6.07) is 104. The van der Waals surface area contributed by atoms with Crippen LogP contribution in [0.1, 0.15) is 49.9 Å². The highest BCUT2D eigenvalue weighted by atomic mass is 15.1. The maximum Gasteiger partial charge on any atom is 0.0585 e. The monoisotopic (exact) mass is 1070 g/mol. The topological polar surface area (TPSA) is 18.0 Å². The summed E-state index contributed by atoms with van der Waals surface area (Å²) < 4.78 is 7.44. The van der Waals surface area contributed by atoms with E-state index in [1.807, 2.05) is 0 Å². The zero-order valence-electron chi connectivity index (χ0n) is 47.3. The molecule has 3 heterocycles. The Balaban J connectivity index is 0.875. The lowest BCUT2D eigenvalue weighted by Gasteiger charge is -2.28. The van der Waals surface area contributed by atoms with E-state index in [-0.39, 0.29) is 10.8 Å². The van der Waals surface area contributed by atoms with Crippen molar-refractivity contribution in [3.05, 3.63) is 301 Å². The average Bonchev–Trinajstić information content (AvgIpc) is 1.73. The minimum Gasteiger partial charge on any atom is -0.310 e. The lowest BCUT2D eigenvalue weighted by Crippen LogP contribution is -2.16. The normalized spacial score (nSPS) is 13.7. The molecule has 15 aromatic rings. The summed E-state index contributed by atoms with van der Waals surface area (Å²) in [7, 11) is 0. The molecule has 0 bridgehead atoms. The third-order valence-corrected chi connectivity index (χ3v) is 18.8. The molecule has 4 heteroatoms. The smallest absolute Gasteiger partial charge is 0.0585 e. The Hall–Kier alpha value is -10.4. The second kappa shape index (κ2) is 18.0. The van der Waals surface area contributed by atoms with E-state index in [1.165, 1.54) is 110 Å². The number of fused-ring (bicyclic) bond motifs is 14. The Kier molecular flexibility index (Phi) is 10.4. The molecule has 84 heavy (non-hydrogen) atoms. The Bertz CT molecular complexity index is 5150. The van der Waals surface area contributed by atoms with Crippen LogP contribution in [0, 0.1) is 0 Å². The van der Waals surface area contributed by atoms with Gasteiger partial charge in [-0.25, -0.2) is 0 Å². The zero-order valence-corrected chi connectivity index (χ0v) is 47.3. The number of hydrogen-bond donors (Lipinski definition) is 0. The Morgan fingerprint density at radius 2 is 0.714 bits per heavy atom. The molecular weight excluding hydrogens is 1020 g/mol. The standard InChI is InChI=1S/C80H58N4/c1-79(2)69-29-17-14-26-61(69)62-43-42-60(48-71(62)79)81(57-36-32-52(33-37-57)51-20-8-5-9-21-51)58-38-40-59(41-39-58)83-74-45-35-54(53-34-44-73-65(46-53)63-27-16-19-31-72(63)82(73)55-22-10-6-11-23-55)47-66(74)67-49-68-76(50-75(67)83)84(56-24-12-7-13-25-56)78-64-28-15-18-30-70(64)80(3,4)77(68)78/h5-50H,1-4H3. The van der Waals surface area contributed by atoms with Gasteiger partial charge in [0.2, 0.25) is 0 Å². The van der Waals surface area contributed by atoms with E-state index < -0.39 is 0 Å². The van der Waals surface area contributed by atoms with E-state index in [1.54, 1.807) is 0 Å². The maximum atomic E-state index is 2.53. The number of para-hydroxylation sites is 3. The van der Waals surface area contributed by atoms with Crippen LogP contribution in [0.3, 0.4) is 0 Å². The fourth-order valence-corrected chi connectivity index (χ4v) is 14.8. The average molecular weight is 1080 g/mol. The van der Waals surface area contributed by atoms with Gasteiger partial charge in [-0.1, -0.05) is 191 Å². The second-order valence-electron chi connectivity index (χ2n) is 24.1. The molecule has 12 aromatic carbocycles. The molecule has 0 saturated carbocycles. The van der Waals surface area contributed by atoms with E-state index in [4.69, 9.17) is 0 Å². The number of benzene rings is 12. The van der Waals surface area contributed by atoms with Crippen molar-refractivity contribution in [2.75, 3.05) is 4.90 Å². The molecule has 4 nitrogen and oxygen atoms in total. The molecule has 0 spiro atoms. The van der Waals surface area contributed by atoms with Crippen LogP contribution in [0.25, 0.3) is 116 Å². The molecule has 2 aliphatic rings. The first-order valence-electron chi connectivity index (χ1n) is 29.4. The van der Waals surface area contributed by atoms with Gasteiger partial charge in [-0.05, 0) is 171 Å². The lowest BCUT2D eigenvalue weighted by atomic mass is 9.81. The van der Waals surface area contributed by atoms with Gasteiger partial charge in [0, 0.05) is 77.4 Å². The predicted molar refractivity (Wildman–Crippen MR) is 353 cm³/mol. The summed E-state index contributed by atoms with van der Waals surface area (Å²) in [6.07, 6.45) is 0. The summed E-state index contributed by atoms with van der Waals surface area (Å²) in [5.74, 6) is 0. The van der Waals surface area contributed by atoms with Gasteiger partial charge in [0.05, 0.1) is 33.3 Å². The molecule has 0 N–H and O–H groups in total. The molecule has 0 aliphatic heterocycles. The fourth-order valence-electron chi connectivity index (χ4n) is 14.8. The molecule has 17 rings (SSSR count). The van der Waals surface area contributed by atoms with Crippen LogP contribution in [-0.2, 0) is 10.8 Å². The van der Waals surface area contributed by atoms with Gasteiger partial charge in [-0.15, -0.1) is 0 Å². The van der Waals surface area contributed by atoms with Crippen molar-refractivity contribution >= 4 is 71.6 Å². The lowest BCUT2D eigenvalue weighted by molar-refractivity contribution is 0.660. The highest BCUT2D eigenvalue weighted by Gasteiger charge is 2.41. The maximum absolute atomic E-state index is 2.53. The number of hydrogen-bond acceptors (Lipinski definition) is 1. The van der Waals surface area contributed by atoms with Gasteiger partial charge >= 0.3 is 0 Å². The van der Waals surface area contributed by atoms with Crippen LogP contribution in [0.2, 0.25) is 0 Å². The first kappa shape index (κ1) is 48.3. The van der Waals surface area contributed by atoms with Crippen LogP contribution >= 0.6 is 0 Å². The minimum atomic E-state index is -0.224. The molecule has 0 radical (unpaired) electrons. The quantitative estimate of drug-likeness (QED) is 0.148. The van der Waals surface area contributed by atoms with Crippen molar-refractivity contribution in [3.8, 4) is 61.7 Å². The van der Waals surface area contributed by atoms with E-state index in [0.717, 1.165) is 45.2 Å². The Labute approximate surface area is 489 Å². The van der Waals surface area contributed by atoms with Gasteiger partial charge < -0.3 is 18.6 Å².